The lowest BCUT2D eigenvalue weighted by molar-refractivity contribution is -0.131. The number of fused-ring (bicyclic) bond motifs is 1. The number of hydrogen-bond donors (Lipinski definition) is 4. The molecule has 2 aliphatic rings. The average molecular weight is 494 g/mol. The molecule has 3 unspecified atom stereocenters. The third kappa shape index (κ3) is 5.91. The monoisotopic (exact) mass is 493 g/mol. The number of nitrogens with zero attached hydrogens (tertiary/aromatic N) is 2. The maximum atomic E-state index is 14.2. The van der Waals surface area contributed by atoms with Crippen LogP contribution >= 0.6 is 0 Å². The van der Waals surface area contributed by atoms with Gasteiger partial charge < -0.3 is 21.1 Å². The lowest BCUT2D eigenvalue weighted by Gasteiger charge is -2.35. The summed E-state index contributed by atoms with van der Waals surface area (Å²) in [5, 5.41) is 18.0. The van der Waals surface area contributed by atoms with E-state index in [4.69, 9.17) is 5.11 Å². The molecule has 1 aliphatic heterocycles. The highest BCUT2D eigenvalue weighted by molar-refractivity contribution is 6.09. The van der Waals surface area contributed by atoms with Gasteiger partial charge in [-0.3, -0.25) is 19.3 Å². The van der Waals surface area contributed by atoms with E-state index in [2.05, 4.69) is 20.9 Å². The smallest absolute Gasteiger partial charge is 0.251 e. The topological polar surface area (TPSA) is 124 Å². The van der Waals surface area contributed by atoms with Crippen LogP contribution in [0.1, 0.15) is 44.6 Å². The summed E-state index contributed by atoms with van der Waals surface area (Å²) in [5.74, 6) is -0.462. The number of carbonyl (C=O) groups is 3. The van der Waals surface area contributed by atoms with Gasteiger partial charge in [-0.2, -0.15) is 0 Å². The van der Waals surface area contributed by atoms with Crippen molar-refractivity contribution in [3.8, 4) is 0 Å². The summed E-state index contributed by atoms with van der Waals surface area (Å²) in [6, 6.07) is 10.7. The molecular weight excluding hydrogens is 458 g/mol. The molecule has 2 heterocycles. The molecule has 0 bridgehead atoms. The number of anilines is 2. The van der Waals surface area contributed by atoms with Crippen molar-refractivity contribution in [1.82, 2.24) is 15.6 Å². The molecule has 36 heavy (non-hydrogen) atoms. The fraction of sp³-hybridized carbons (Fsp3) is 0.481. The zero-order valence-electron chi connectivity index (χ0n) is 20.7. The number of para-hydroxylation sites is 1. The van der Waals surface area contributed by atoms with Gasteiger partial charge in [-0.15, -0.1) is 0 Å². The van der Waals surface area contributed by atoms with E-state index in [0.29, 0.717) is 17.9 Å². The fourth-order valence-corrected chi connectivity index (χ4v) is 5.12. The average Bonchev–Trinajstić information content (AvgIpc) is 3.31. The summed E-state index contributed by atoms with van der Waals surface area (Å²) in [6.45, 7) is 1.90. The third-order valence-corrected chi connectivity index (χ3v) is 7.04. The number of pyridine rings is 1. The molecule has 3 atom stereocenters. The maximum Gasteiger partial charge on any atom is 0.251 e. The van der Waals surface area contributed by atoms with Crippen molar-refractivity contribution in [2.75, 3.05) is 23.4 Å². The van der Waals surface area contributed by atoms with Crippen molar-refractivity contribution in [3.05, 3.63) is 54.2 Å². The van der Waals surface area contributed by atoms with E-state index in [1.165, 1.54) is 4.90 Å². The number of benzene rings is 1. The number of aliphatic hydroxyl groups is 1. The Morgan fingerprint density at radius 1 is 1.08 bits per heavy atom. The van der Waals surface area contributed by atoms with E-state index in [-0.39, 0.29) is 36.8 Å². The third-order valence-electron chi connectivity index (χ3n) is 7.04. The molecule has 3 amide bonds. The zero-order valence-corrected chi connectivity index (χ0v) is 20.7. The van der Waals surface area contributed by atoms with Crippen LogP contribution in [0, 0.1) is 5.92 Å². The highest BCUT2D eigenvalue weighted by Crippen LogP contribution is 2.34. The number of aliphatic hydroxyl groups excluding tert-OH is 1. The summed E-state index contributed by atoms with van der Waals surface area (Å²) in [6.07, 6.45) is 6.73. The first-order chi connectivity index (χ1) is 17.5. The van der Waals surface area contributed by atoms with Gasteiger partial charge in [-0.1, -0.05) is 43.5 Å². The molecule has 0 saturated heterocycles. The summed E-state index contributed by atoms with van der Waals surface area (Å²) < 4.78 is 0. The van der Waals surface area contributed by atoms with Crippen molar-refractivity contribution < 1.29 is 19.5 Å². The molecular formula is C27H35N5O4. The van der Waals surface area contributed by atoms with Gasteiger partial charge in [0.25, 0.3) is 5.91 Å². The van der Waals surface area contributed by atoms with Gasteiger partial charge in [0.1, 0.15) is 17.9 Å². The summed E-state index contributed by atoms with van der Waals surface area (Å²) in [4.78, 5) is 46.5. The molecule has 1 aromatic carbocycles. The Balaban J connectivity index is 1.61. The van der Waals surface area contributed by atoms with E-state index in [1.807, 2.05) is 24.3 Å². The van der Waals surface area contributed by atoms with Crippen molar-refractivity contribution in [2.45, 2.75) is 63.6 Å². The molecule has 2 aromatic rings. The first kappa shape index (κ1) is 25.8. The van der Waals surface area contributed by atoms with Crippen LogP contribution in [0.5, 0.6) is 0 Å². The highest BCUT2D eigenvalue weighted by atomic mass is 16.3. The maximum absolute atomic E-state index is 14.2. The Morgan fingerprint density at radius 3 is 2.56 bits per heavy atom. The van der Waals surface area contributed by atoms with E-state index in [0.717, 1.165) is 37.7 Å². The van der Waals surface area contributed by atoms with Gasteiger partial charge in [0.05, 0.1) is 12.6 Å². The molecule has 9 nitrogen and oxygen atoms in total. The predicted molar refractivity (Wildman–Crippen MR) is 137 cm³/mol. The summed E-state index contributed by atoms with van der Waals surface area (Å²) >= 11 is 0. The lowest BCUT2D eigenvalue weighted by atomic mass is 9.83. The van der Waals surface area contributed by atoms with Crippen LogP contribution in [0.15, 0.2) is 48.7 Å². The molecule has 1 aliphatic carbocycles. The summed E-state index contributed by atoms with van der Waals surface area (Å²) in [7, 11) is 0. The van der Waals surface area contributed by atoms with Gasteiger partial charge in [-0.05, 0) is 49.4 Å². The number of aromatic nitrogens is 1. The Labute approximate surface area is 211 Å². The molecule has 0 spiro atoms. The molecule has 1 saturated carbocycles. The molecule has 1 aromatic heterocycles. The van der Waals surface area contributed by atoms with Crippen LogP contribution in [-0.2, 0) is 20.8 Å². The lowest BCUT2D eigenvalue weighted by Crippen LogP contribution is -2.59. The second-order valence-electron chi connectivity index (χ2n) is 9.55. The molecule has 192 valence electrons. The fourth-order valence-electron chi connectivity index (χ4n) is 5.12. The van der Waals surface area contributed by atoms with Gasteiger partial charge in [0.15, 0.2) is 0 Å². The SMILES string of the molecule is CC(NCCO)C(=O)NC(C(=O)N1c2ncccc2CC1C(=O)Nc1ccccc1)C1CCCCC1. The molecule has 4 rings (SSSR count). The number of amides is 3. The first-order valence-electron chi connectivity index (χ1n) is 12.8. The van der Waals surface area contributed by atoms with Crippen LogP contribution in [-0.4, -0.2) is 59.1 Å². The van der Waals surface area contributed by atoms with E-state index in [9.17, 15) is 14.4 Å². The van der Waals surface area contributed by atoms with Crippen LogP contribution in [0.25, 0.3) is 0 Å². The number of rotatable bonds is 9. The van der Waals surface area contributed by atoms with Crippen molar-refractivity contribution >= 4 is 29.2 Å². The molecule has 9 heteroatoms. The highest BCUT2D eigenvalue weighted by Gasteiger charge is 2.44. The second-order valence-corrected chi connectivity index (χ2v) is 9.55. The standard InChI is InChI=1S/C27H35N5O4/c1-18(28-15-16-33)25(34)31-23(19-9-4-2-5-10-19)27(36)32-22(17-20-11-8-14-29-24(20)32)26(35)30-21-12-6-3-7-13-21/h3,6-8,11-14,18-19,22-23,28,33H,2,4-5,9-10,15-17H2,1H3,(H,30,35)(H,31,34). The van der Waals surface area contributed by atoms with Crippen LogP contribution < -0.4 is 20.9 Å². The quantitative estimate of drug-likeness (QED) is 0.424. The van der Waals surface area contributed by atoms with Crippen LogP contribution in [0.4, 0.5) is 11.5 Å². The van der Waals surface area contributed by atoms with Crippen molar-refractivity contribution in [1.29, 1.82) is 0 Å². The van der Waals surface area contributed by atoms with Crippen LogP contribution in [0.3, 0.4) is 0 Å². The normalized spacial score (nSPS) is 19.3. The van der Waals surface area contributed by atoms with E-state index in [1.54, 1.807) is 31.3 Å². The Bertz CT molecular complexity index is 1060. The largest absolute Gasteiger partial charge is 0.395 e. The second kappa shape index (κ2) is 12.1. The minimum atomic E-state index is -0.768. The minimum Gasteiger partial charge on any atom is -0.395 e. The van der Waals surface area contributed by atoms with Gasteiger partial charge in [0, 0.05) is 24.8 Å². The molecule has 0 radical (unpaired) electrons. The van der Waals surface area contributed by atoms with Gasteiger partial charge in [0.2, 0.25) is 11.8 Å². The minimum absolute atomic E-state index is 0.0224. The Morgan fingerprint density at radius 2 is 1.83 bits per heavy atom. The van der Waals surface area contributed by atoms with Crippen molar-refractivity contribution in [3.63, 3.8) is 0 Å². The number of nitrogens with one attached hydrogen (secondary N) is 3. The van der Waals surface area contributed by atoms with Gasteiger partial charge >= 0.3 is 0 Å². The Hall–Kier alpha value is -3.30. The number of carbonyl (C=O) groups excluding carboxylic acids is 3. The number of hydrogen-bond acceptors (Lipinski definition) is 6. The van der Waals surface area contributed by atoms with E-state index < -0.39 is 18.1 Å². The van der Waals surface area contributed by atoms with Crippen LogP contribution in [0.2, 0.25) is 0 Å². The van der Waals surface area contributed by atoms with E-state index >= 15 is 0 Å². The Kier molecular flexibility index (Phi) is 8.66. The molecule has 1 fully saturated rings. The predicted octanol–water partition coefficient (Wildman–Crippen LogP) is 2.01. The first-order valence-corrected chi connectivity index (χ1v) is 12.8. The summed E-state index contributed by atoms with van der Waals surface area (Å²) in [5.41, 5.74) is 1.48. The zero-order chi connectivity index (χ0) is 25.5. The van der Waals surface area contributed by atoms with Gasteiger partial charge in [-0.25, -0.2) is 4.98 Å². The van der Waals surface area contributed by atoms with Crippen molar-refractivity contribution in [2.24, 2.45) is 5.92 Å². The molecule has 4 N–H and O–H groups in total.